The maximum absolute atomic E-state index is 12.1. The molecule has 0 spiro atoms. The first-order valence-electron chi connectivity index (χ1n) is 7.29. The Balaban J connectivity index is 1.64. The van der Waals surface area contributed by atoms with E-state index in [9.17, 15) is 14.4 Å². The molecule has 2 amide bonds. The number of esters is 1. The smallest absolute Gasteiger partial charge is 0.326 e. The van der Waals surface area contributed by atoms with Crippen molar-refractivity contribution in [3.05, 3.63) is 12.2 Å². The van der Waals surface area contributed by atoms with E-state index in [1.165, 1.54) is 18.6 Å². The van der Waals surface area contributed by atoms with Crippen LogP contribution in [0.5, 0.6) is 0 Å². The van der Waals surface area contributed by atoms with E-state index < -0.39 is 17.8 Å². The zero-order valence-corrected chi connectivity index (χ0v) is 11.6. The van der Waals surface area contributed by atoms with Gasteiger partial charge in [-0.1, -0.05) is 6.92 Å². The van der Waals surface area contributed by atoms with Crippen LogP contribution >= 0.6 is 0 Å². The van der Waals surface area contributed by atoms with Gasteiger partial charge in [-0.05, 0) is 43.9 Å². The number of imide groups is 1. The minimum Gasteiger partial charge on any atom is -0.457 e. The van der Waals surface area contributed by atoms with Gasteiger partial charge < -0.3 is 4.74 Å². The lowest BCUT2D eigenvalue weighted by Crippen LogP contribution is -2.44. The molecular formula is C15H19NO4. The highest BCUT2D eigenvalue weighted by atomic mass is 16.6. The predicted octanol–water partition coefficient (Wildman–Crippen LogP) is 1.42. The maximum atomic E-state index is 12.1. The minimum absolute atomic E-state index is 0.274. The van der Waals surface area contributed by atoms with Crippen LogP contribution in [-0.4, -0.2) is 34.8 Å². The molecule has 0 saturated heterocycles. The van der Waals surface area contributed by atoms with Gasteiger partial charge >= 0.3 is 5.97 Å². The van der Waals surface area contributed by atoms with Crippen molar-refractivity contribution in [2.24, 2.45) is 11.8 Å². The molecule has 2 aliphatic carbocycles. The number of fused-ring (bicyclic) bond motifs is 2. The van der Waals surface area contributed by atoms with Gasteiger partial charge in [0, 0.05) is 12.2 Å². The predicted molar refractivity (Wildman–Crippen MR) is 70.4 cm³/mol. The van der Waals surface area contributed by atoms with Crippen LogP contribution in [0.4, 0.5) is 0 Å². The van der Waals surface area contributed by atoms with Gasteiger partial charge in [0.2, 0.25) is 0 Å². The largest absolute Gasteiger partial charge is 0.457 e. The zero-order valence-electron chi connectivity index (χ0n) is 11.6. The fraction of sp³-hybridized carbons (Fsp3) is 0.667. The summed E-state index contributed by atoms with van der Waals surface area (Å²) in [4.78, 5) is 35.9. The Morgan fingerprint density at radius 2 is 2.05 bits per heavy atom. The van der Waals surface area contributed by atoms with Crippen LogP contribution in [0.1, 0.15) is 39.0 Å². The molecule has 5 heteroatoms. The Kier molecular flexibility index (Phi) is 3.15. The lowest BCUT2D eigenvalue weighted by Gasteiger charge is -2.36. The van der Waals surface area contributed by atoms with E-state index in [1.54, 1.807) is 0 Å². The number of carbonyl (C=O) groups is 3. The first-order valence-corrected chi connectivity index (χ1v) is 7.29. The number of hydrogen-bond donors (Lipinski definition) is 0. The van der Waals surface area contributed by atoms with Crippen molar-refractivity contribution in [2.45, 2.75) is 44.6 Å². The fourth-order valence-electron chi connectivity index (χ4n) is 4.00. The molecule has 3 atom stereocenters. The molecule has 20 heavy (non-hydrogen) atoms. The van der Waals surface area contributed by atoms with Crippen LogP contribution in [0.15, 0.2) is 12.2 Å². The molecule has 5 nitrogen and oxygen atoms in total. The van der Waals surface area contributed by atoms with Gasteiger partial charge in [-0.25, -0.2) is 0 Å². The summed E-state index contributed by atoms with van der Waals surface area (Å²) in [7, 11) is 0. The molecule has 0 aromatic heterocycles. The third-order valence-electron chi connectivity index (χ3n) is 5.02. The monoisotopic (exact) mass is 277 g/mol. The van der Waals surface area contributed by atoms with Crippen LogP contribution in [0.2, 0.25) is 0 Å². The summed E-state index contributed by atoms with van der Waals surface area (Å²) in [5.41, 5.74) is -0.362. The Hall–Kier alpha value is -1.65. The van der Waals surface area contributed by atoms with Crippen molar-refractivity contribution in [2.75, 3.05) is 6.54 Å². The molecule has 3 rings (SSSR count). The molecule has 108 valence electrons. The molecule has 1 heterocycles. The van der Waals surface area contributed by atoms with Crippen molar-refractivity contribution in [1.82, 2.24) is 4.90 Å². The first kappa shape index (κ1) is 13.3. The number of hydrogen-bond acceptors (Lipinski definition) is 4. The van der Waals surface area contributed by atoms with Crippen LogP contribution in [0.25, 0.3) is 0 Å². The van der Waals surface area contributed by atoms with Gasteiger partial charge in [0.25, 0.3) is 11.8 Å². The first-order chi connectivity index (χ1) is 9.54. The number of ether oxygens (including phenoxy) is 1. The van der Waals surface area contributed by atoms with Crippen LogP contribution in [0, 0.1) is 11.8 Å². The molecular weight excluding hydrogens is 258 g/mol. The van der Waals surface area contributed by atoms with Gasteiger partial charge in [-0.2, -0.15) is 0 Å². The Morgan fingerprint density at radius 3 is 2.55 bits per heavy atom. The number of nitrogens with zero attached hydrogens (tertiary/aromatic N) is 1. The fourth-order valence-corrected chi connectivity index (χ4v) is 4.00. The van der Waals surface area contributed by atoms with E-state index in [2.05, 4.69) is 0 Å². The molecule has 0 aromatic rings. The minimum atomic E-state index is -0.468. The van der Waals surface area contributed by atoms with E-state index in [0.29, 0.717) is 11.8 Å². The van der Waals surface area contributed by atoms with Gasteiger partial charge in [-0.3, -0.25) is 19.3 Å². The third-order valence-corrected chi connectivity index (χ3v) is 5.02. The topological polar surface area (TPSA) is 63.7 Å². The third kappa shape index (κ3) is 2.05. The van der Waals surface area contributed by atoms with Crippen molar-refractivity contribution in [1.29, 1.82) is 0 Å². The van der Waals surface area contributed by atoms with Gasteiger partial charge in [0.05, 0.1) is 0 Å². The Bertz CT molecular complexity index is 480. The van der Waals surface area contributed by atoms with E-state index in [-0.39, 0.29) is 12.1 Å². The van der Waals surface area contributed by atoms with Crippen LogP contribution in [-0.2, 0) is 19.1 Å². The molecule has 3 unspecified atom stereocenters. The number of amides is 2. The van der Waals surface area contributed by atoms with Crippen molar-refractivity contribution >= 4 is 17.8 Å². The second-order valence-corrected chi connectivity index (χ2v) is 6.07. The van der Waals surface area contributed by atoms with E-state index in [0.717, 1.165) is 30.6 Å². The Labute approximate surface area is 117 Å². The second kappa shape index (κ2) is 4.72. The lowest BCUT2D eigenvalue weighted by molar-refractivity contribution is -0.170. The van der Waals surface area contributed by atoms with Gasteiger partial charge in [-0.15, -0.1) is 0 Å². The number of carbonyl (C=O) groups excluding carboxylic acids is 3. The van der Waals surface area contributed by atoms with E-state index >= 15 is 0 Å². The van der Waals surface area contributed by atoms with Crippen LogP contribution < -0.4 is 0 Å². The van der Waals surface area contributed by atoms with Gasteiger partial charge in [0.15, 0.2) is 0 Å². The molecule has 2 fully saturated rings. The quantitative estimate of drug-likeness (QED) is 0.576. The van der Waals surface area contributed by atoms with Crippen LogP contribution in [0.3, 0.4) is 0 Å². The second-order valence-electron chi connectivity index (χ2n) is 6.07. The highest BCUT2D eigenvalue weighted by Gasteiger charge is 2.52. The van der Waals surface area contributed by atoms with Crippen molar-refractivity contribution < 1.29 is 19.1 Å². The van der Waals surface area contributed by atoms with Crippen molar-refractivity contribution in [3.63, 3.8) is 0 Å². The molecule has 2 saturated carbocycles. The average Bonchev–Trinajstić information content (AvgIpc) is 3.09. The zero-order chi connectivity index (χ0) is 14.3. The van der Waals surface area contributed by atoms with E-state index in [4.69, 9.17) is 4.74 Å². The summed E-state index contributed by atoms with van der Waals surface area (Å²) in [6, 6.07) is 0. The molecule has 2 bridgehead atoms. The lowest BCUT2D eigenvalue weighted by atomic mass is 9.82. The standard InChI is InChI=1S/C15H19NO4/c1-2-15(8-10-3-4-11(15)7-10)20-14(19)9-16-12(17)5-6-13(16)18/h5-6,10-11H,2-4,7-9H2,1H3. The molecule has 3 aliphatic rings. The summed E-state index contributed by atoms with van der Waals surface area (Å²) < 4.78 is 5.73. The molecule has 0 N–H and O–H groups in total. The van der Waals surface area contributed by atoms with E-state index in [1.807, 2.05) is 6.92 Å². The normalized spacial score (nSPS) is 35.1. The molecule has 0 radical (unpaired) electrons. The van der Waals surface area contributed by atoms with Crippen molar-refractivity contribution in [3.8, 4) is 0 Å². The summed E-state index contributed by atoms with van der Waals surface area (Å²) >= 11 is 0. The molecule has 0 aromatic carbocycles. The number of rotatable bonds is 4. The average molecular weight is 277 g/mol. The summed E-state index contributed by atoms with van der Waals surface area (Å²) in [6.07, 6.45) is 7.60. The summed E-state index contributed by atoms with van der Waals surface area (Å²) in [6.45, 7) is 1.77. The summed E-state index contributed by atoms with van der Waals surface area (Å²) in [5.74, 6) is -0.227. The molecule has 1 aliphatic heterocycles. The maximum Gasteiger partial charge on any atom is 0.326 e. The SMILES string of the molecule is CCC1(OC(=O)CN2C(=O)C=CC2=O)CC2CCC1C2. The van der Waals surface area contributed by atoms with Gasteiger partial charge in [0.1, 0.15) is 12.1 Å². The Morgan fingerprint density at radius 1 is 1.35 bits per heavy atom. The highest BCUT2D eigenvalue weighted by molar-refractivity contribution is 6.14. The highest BCUT2D eigenvalue weighted by Crippen LogP contribution is 2.54. The summed E-state index contributed by atoms with van der Waals surface area (Å²) in [5, 5.41) is 0.